The highest BCUT2D eigenvalue weighted by Gasteiger charge is 2.46. The van der Waals surface area contributed by atoms with Crippen molar-refractivity contribution in [2.75, 3.05) is 40.2 Å². The first-order valence-electron chi connectivity index (χ1n) is 20.6. The van der Waals surface area contributed by atoms with Crippen LogP contribution in [0, 0.1) is 17.8 Å². The molecule has 0 bridgehead atoms. The van der Waals surface area contributed by atoms with Crippen molar-refractivity contribution in [3.63, 3.8) is 0 Å². The number of Topliss-reactive ketones (excluding diaryl/α,β-unsaturated/α-hetero) is 1. The first-order chi connectivity index (χ1) is 27.3. The van der Waals surface area contributed by atoms with Crippen LogP contribution < -0.4 is 27.0 Å². The zero-order valence-corrected chi connectivity index (χ0v) is 33.7. The lowest BCUT2D eigenvalue weighted by atomic mass is 9.78. The minimum Gasteiger partial charge on any atom is -0.481 e. The highest BCUT2D eigenvalue weighted by Crippen LogP contribution is 2.33. The summed E-state index contributed by atoms with van der Waals surface area (Å²) in [6, 6.07) is -4.40. The van der Waals surface area contributed by atoms with Crippen molar-refractivity contribution < 1.29 is 57.7 Å². The Hall–Kier alpha value is -4.16. The van der Waals surface area contributed by atoms with Crippen molar-refractivity contribution in [3.8, 4) is 0 Å². The summed E-state index contributed by atoms with van der Waals surface area (Å²) in [6.45, 7) is 3.47. The number of amides is 6. The van der Waals surface area contributed by atoms with Crippen LogP contribution in [0.1, 0.15) is 110 Å². The van der Waals surface area contributed by atoms with Gasteiger partial charge in [0.05, 0.1) is 43.7 Å². The standard InChI is InChI=1S/C39H64N6O12/c1-4-6-17-29(34(40)48)42-31(46)21-41-37(51)33(47)28(12-5-2)43-36(50)30-20-25(57-23-56-19-18-55-3)22-45(30)38(52)32(24-13-8-7-9-14-24)44-35(49)26-15-10-11-16-27(26)39(53)54/h24-30,32H,4-23H2,1-3H3,(H2,40,48)(H,41,51)(H,42,46)(H,43,50)(H,44,49)(H,53,54)/t25-,26-,27+,28?,29?,30+,32?/m1/s1. The molecule has 322 valence electrons. The maximum absolute atomic E-state index is 14.6. The molecular formula is C39H64N6O12. The number of unbranched alkanes of at least 4 members (excludes halogenated alkanes) is 1. The summed E-state index contributed by atoms with van der Waals surface area (Å²) in [6.07, 6.45) is 7.69. The molecule has 18 nitrogen and oxygen atoms in total. The molecule has 0 aromatic heterocycles. The van der Waals surface area contributed by atoms with Gasteiger partial charge in [0.2, 0.25) is 35.3 Å². The van der Waals surface area contributed by atoms with Gasteiger partial charge in [0, 0.05) is 20.1 Å². The second-order valence-electron chi connectivity index (χ2n) is 15.3. The average Bonchev–Trinajstić information content (AvgIpc) is 3.64. The van der Waals surface area contributed by atoms with E-state index in [4.69, 9.17) is 19.9 Å². The molecule has 3 unspecified atom stereocenters. The highest BCUT2D eigenvalue weighted by molar-refractivity contribution is 6.38. The van der Waals surface area contributed by atoms with E-state index in [0.29, 0.717) is 64.4 Å². The molecule has 57 heavy (non-hydrogen) atoms. The lowest BCUT2D eigenvalue weighted by molar-refractivity contribution is -0.150. The molecule has 7 N–H and O–H groups in total. The first kappa shape index (κ1) is 47.2. The molecule has 7 atom stereocenters. The molecule has 0 aromatic carbocycles. The number of rotatable bonds is 24. The molecule has 1 aliphatic heterocycles. The molecule has 2 saturated carbocycles. The number of carboxylic acid groups (broad SMARTS) is 1. The Bertz CT molecular complexity index is 1390. The summed E-state index contributed by atoms with van der Waals surface area (Å²) in [4.78, 5) is 107. The molecule has 0 radical (unpaired) electrons. The summed E-state index contributed by atoms with van der Waals surface area (Å²) in [5.74, 6) is -8.23. The molecular weight excluding hydrogens is 744 g/mol. The molecule has 3 aliphatic rings. The average molecular weight is 809 g/mol. The number of carboxylic acids is 1. The van der Waals surface area contributed by atoms with Crippen LogP contribution in [0.25, 0.3) is 0 Å². The third kappa shape index (κ3) is 14.6. The van der Waals surface area contributed by atoms with Crippen molar-refractivity contribution in [2.45, 2.75) is 140 Å². The van der Waals surface area contributed by atoms with Crippen molar-refractivity contribution >= 4 is 47.2 Å². The van der Waals surface area contributed by atoms with Gasteiger partial charge >= 0.3 is 5.97 Å². The van der Waals surface area contributed by atoms with Crippen molar-refractivity contribution in [3.05, 3.63) is 0 Å². The first-order valence-corrected chi connectivity index (χ1v) is 20.6. The van der Waals surface area contributed by atoms with Crippen LogP contribution >= 0.6 is 0 Å². The molecule has 3 fully saturated rings. The molecule has 3 rings (SSSR count). The van der Waals surface area contributed by atoms with Crippen LogP contribution in [0.3, 0.4) is 0 Å². The molecule has 0 spiro atoms. The van der Waals surface area contributed by atoms with Gasteiger partial charge in [0.25, 0.3) is 5.91 Å². The maximum atomic E-state index is 14.6. The second kappa shape index (κ2) is 24.6. The van der Waals surface area contributed by atoms with E-state index < -0.39 is 95.8 Å². The third-order valence-electron chi connectivity index (χ3n) is 11.1. The van der Waals surface area contributed by atoms with Gasteiger partial charge in [0.15, 0.2) is 0 Å². The normalized spacial score (nSPS) is 22.8. The number of hydrogen-bond donors (Lipinski definition) is 6. The number of ketones is 1. The van der Waals surface area contributed by atoms with Crippen LogP contribution in [-0.4, -0.2) is 128 Å². The number of likely N-dealkylation sites (tertiary alicyclic amines) is 1. The van der Waals surface area contributed by atoms with Gasteiger partial charge in [-0.05, 0) is 44.4 Å². The highest BCUT2D eigenvalue weighted by atomic mass is 16.7. The SMILES string of the molecule is CCCCC(NC(=O)CNC(=O)C(=O)C(CCC)NC(=O)[C@@H]1C[C@@H](OCOCCOC)CN1C(=O)C(NC(=O)[C@@H]1CCCC[C@@H]1C(=O)O)C1CCCCC1)C(N)=O. The number of aliphatic carboxylic acids is 1. The topological polar surface area (TPSA) is 262 Å². The minimum atomic E-state index is -1.30. The number of nitrogens with two attached hydrogens (primary N) is 1. The number of nitrogens with one attached hydrogen (secondary N) is 4. The minimum absolute atomic E-state index is 0.0265. The van der Waals surface area contributed by atoms with Crippen LogP contribution in [0.5, 0.6) is 0 Å². The Morgan fingerprint density at radius 1 is 0.807 bits per heavy atom. The number of methoxy groups -OCH3 is 1. The monoisotopic (exact) mass is 808 g/mol. The van der Waals surface area contributed by atoms with Gasteiger partial charge in [-0.15, -0.1) is 0 Å². The van der Waals surface area contributed by atoms with E-state index in [1.807, 2.05) is 6.92 Å². The second-order valence-corrected chi connectivity index (χ2v) is 15.3. The fourth-order valence-corrected chi connectivity index (χ4v) is 7.95. The quantitative estimate of drug-likeness (QED) is 0.0447. The van der Waals surface area contributed by atoms with Gasteiger partial charge in [-0.2, -0.15) is 0 Å². The van der Waals surface area contributed by atoms with Gasteiger partial charge in [-0.3, -0.25) is 38.4 Å². The molecule has 2 aliphatic carbocycles. The van der Waals surface area contributed by atoms with E-state index in [1.165, 1.54) is 12.0 Å². The smallest absolute Gasteiger partial charge is 0.307 e. The van der Waals surface area contributed by atoms with E-state index in [0.717, 1.165) is 25.7 Å². The fraction of sp³-hybridized carbons (Fsp3) is 0.795. The van der Waals surface area contributed by atoms with E-state index in [9.17, 15) is 43.5 Å². The molecule has 1 heterocycles. The van der Waals surface area contributed by atoms with Gasteiger partial charge < -0.3 is 51.2 Å². The van der Waals surface area contributed by atoms with Crippen molar-refractivity contribution in [1.29, 1.82) is 0 Å². The van der Waals surface area contributed by atoms with Crippen LogP contribution in [-0.2, 0) is 52.6 Å². The fourth-order valence-electron chi connectivity index (χ4n) is 7.95. The Morgan fingerprint density at radius 2 is 1.49 bits per heavy atom. The Balaban J connectivity index is 1.80. The lowest BCUT2D eigenvalue weighted by Gasteiger charge is -2.36. The van der Waals surface area contributed by atoms with E-state index in [1.54, 1.807) is 6.92 Å². The number of carbonyl (C=O) groups excluding carboxylic acids is 7. The summed E-state index contributed by atoms with van der Waals surface area (Å²) in [7, 11) is 1.53. The predicted molar refractivity (Wildman–Crippen MR) is 205 cm³/mol. The Labute approximate surface area is 334 Å². The zero-order valence-electron chi connectivity index (χ0n) is 33.7. The molecule has 1 saturated heterocycles. The maximum Gasteiger partial charge on any atom is 0.307 e. The van der Waals surface area contributed by atoms with Crippen LogP contribution in [0.15, 0.2) is 0 Å². The lowest BCUT2D eigenvalue weighted by Crippen LogP contribution is -2.59. The number of primary amides is 1. The number of ether oxygens (including phenoxy) is 3. The van der Waals surface area contributed by atoms with Gasteiger partial charge in [-0.25, -0.2) is 0 Å². The zero-order chi connectivity index (χ0) is 41.9. The Kier molecular flexibility index (Phi) is 20.4. The molecule has 0 aromatic rings. The van der Waals surface area contributed by atoms with Gasteiger partial charge in [0.1, 0.15) is 24.9 Å². The number of hydrogen-bond acceptors (Lipinski definition) is 11. The molecule has 6 amide bonds. The van der Waals surface area contributed by atoms with E-state index >= 15 is 0 Å². The number of carbonyl (C=O) groups is 8. The summed E-state index contributed by atoms with van der Waals surface area (Å²) >= 11 is 0. The summed E-state index contributed by atoms with van der Waals surface area (Å²) in [5.41, 5.74) is 5.38. The summed E-state index contributed by atoms with van der Waals surface area (Å²) < 4.78 is 16.4. The predicted octanol–water partition coefficient (Wildman–Crippen LogP) is 0.680. The van der Waals surface area contributed by atoms with Crippen molar-refractivity contribution in [2.24, 2.45) is 23.5 Å². The van der Waals surface area contributed by atoms with Crippen molar-refractivity contribution in [1.82, 2.24) is 26.2 Å². The van der Waals surface area contributed by atoms with E-state index in [-0.39, 0.29) is 38.7 Å². The third-order valence-corrected chi connectivity index (χ3v) is 11.1. The van der Waals surface area contributed by atoms with E-state index in [2.05, 4.69) is 21.3 Å². The largest absolute Gasteiger partial charge is 0.481 e. The summed E-state index contributed by atoms with van der Waals surface area (Å²) in [5, 5.41) is 20.2. The molecule has 18 heteroatoms. The van der Waals surface area contributed by atoms with Crippen LogP contribution in [0.4, 0.5) is 0 Å². The van der Waals surface area contributed by atoms with Crippen LogP contribution in [0.2, 0.25) is 0 Å². The van der Waals surface area contributed by atoms with Gasteiger partial charge in [-0.1, -0.05) is 65.2 Å². The Morgan fingerprint density at radius 3 is 2.12 bits per heavy atom. The number of nitrogens with zero attached hydrogens (tertiary/aromatic N) is 1.